The van der Waals surface area contributed by atoms with Gasteiger partial charge in [0.15, 0.2) is 16.6 Å². The molecule has 0 fully saturated rings. The van der Waals surface area contributed by atoms with Crippen LogP contribution in [-0.4, -0.2) is 9.55 Å². The Kier molecular flexibility index (Phi) is 5.45. The van der Waals surface area contributed by atoms with Crippen LogP contribution in [0.2, 0.25) is 0 Å². The number of hydrogen-bond donors (Lipinski definition) is 0. The van der Waals surface area contributed by atoms with Crippen LogP contribution in [0.4, 0.5) is 0 Å². The number of rotatable bonds is 4. The molecule has 0 unspecified atom stereocenters. The summed E-state index contributed by atoms with van der Waals surface area (Å²) in [6, 6.07) is 23.7. The Labute approximate surface area is 218 Å². The maximum absolute atomic E-state index is 6.63. The topological polar surface area (TPSA) is 34.8 Å². The maximum atomic E-state index is 6.63. The molecule has 6 aromatic rings. The smallest absolute Gasteiger partial charge is 0.300 e. The molecule has 37 heavy (non-hydrogen) atoms. The number of hydrogen-bond acceptors (Lipinski definition) is 2. The zero-order valence-corrected chi connectivity index (χ0v) is 22.8. The normalized spacial score (nSPS) is 12.1. The first-order chi connectivity index (χ1) is 17.8. The molecule has 6 rings (SSSR count). The number of para-hydroxylation sites is 4. The summed E-state index contributed by atoms with van der Waals surface area (Å²) in [6.45, 7) is 13.3. The summed E-state index contributed by atoms with van der Waals surface area (Å²) in [7, 11) is 2.16. The summed E-state index contributed by atoms with van der Waals surface area (Å²) < 4.78 is 11.4. The SMILES string of the molecule is Cc1nc(C)c2c(oc3ccccc32)c1-c1n(-c2c(C(C)C)cccc2C(C)C)c2ccccc2[n+]1C. The number of aryl methyl sites for hydroxylation is 3. The van der Waals surface area contributed by atoms with E-state index in [0.29, 0.717) is 11.8 Å². The average Bonchev–Trinajstić information content (AvgIpc) is 3.40. The summed E-state index contributed by atoms with van der Waals surface area (Å²) >= 11 is 0. The van der Waals surface area contributed by atoms with Crippen LogP contribution in [0.1, 0.15) is 62.0 Å². The molecule has 0 atom stereocenters. The highest BCUT2D eigenvalue weighted by Crippen LogP contribution is 2.41. The van der Waals surface area contributed by atoms with Crippen LogP contribution < -0.4 is 4.57 Å². The monoisotopic (exact) mass is 488 g/mol. The van der Waals surface area contributed by atoms with E-state index in [1.807, 2.05) is 12.1 Å². The standard InChI is InChI=1S/C33H34N3O/c1-19(2)23-14-12-15-24(20(3)4)31(23)36-27-17-10-9-16-26(27)35(7)33(36)30-22(6)34-21(5)29-25-13-8-11-18-28(25)37-32(29)30/h8-20H,1-7H3/q+1. The third kappa shape index (κ3) is 3.42. The van der Waals surface area contributed by atoms with Crippen molar-refractivity contribution in [2.24, 2.45) is 7.05 Å². The lowest BCUT2D eigenvalue weighted by Gasteiger charge is -2.18. The highest BCUT2D eigenvalue weighted by Gasteiger charge is 2.34. The van der Waals surface area contributed by atoms with Gasteiger partial charge in [-0.05, 0) is 43.9 Å². The van der Waals surface area contributed by atoms with E-state index in [4.69, 9.17) is 9.40 Å². The molecule has 3 aromatic carbocycles. The molecule has 3 aromatic heterocycles. The quantitative estimate of drug-likeness (QED) is 0.234. The lowest BCUT2D eigenvalue weighted by molar-refractivity contribution is -0.633. The van der Waals surface area contributed by atoms with Crippen LogP contribution in [0.25, 0.3) is 50.0 Å². The van der Waals surface area contributed by atoms with E-state index in [2.05, 4.69) is 112 Å². The third-order valence-corrected chi connectivity index (χ3v) is 7.68. The van der Waals surface area contributed by atoms with Crippen molar-refractivity contribution in [2.45, 2.75) is 53.4 Å². The van der Waals surface area contributed by atoms with Crippen molar-refractivity contribution in [3.8, 4) is 17.1 Å². The fourth-order valence-electron chi connectivity index (χ4n) is 5.96. The Morgan fingerprint density at radius 2 is 1.43 bits per heavy atom. The van der Waals surface area contributed by atoms with Gasteiger partial charge in [0.05, 0.1) is 18.1 Å². The number of fused-ring (bicyclic) bond motifs is 4. The number of furan rings is 1. The van der Waals surface area contributed by atoms with Crippen molar-refractivity contribution in [3.05, 3.63) is 89.2 Å². The largest absolute Gasteiger partial charge is 0.455 e. The molecule has 0 radical (unpaired) electrons. The van der Waals surface area contributed by atoms with Gasteiger partial charge >= 0.3 is 5.82 Å². The summed E-state index contributed by atoms with van der Waals surface area (Å²) in [5.74, 6) is 1.83. The van der Waals surface area contributed by atoms with Gasteiger partial charge in [-0.2, -0.15) is 4.57 Å². The molecule has 4 nitrogen and oxygen atoms in total. The van der Waals surface area contributed by atoms with Gasteiger partial charge in [-0.3, -0.25) is 4.98 Å². The van der Waals surface area contributed by atoms with E-state index >= 15 is 0 Å². The highest BCUT2D eigenvalue weighted by atomic mass is 16.3. The summed E-state index contributed by atoms with van der Waals surface area (Å²) in [4.78, 5) is 5.07. The van der Waals surface area contributed by atoms with E-state index in [-0.39, 0.29) is 0 Å². The maximum Gasteiger partial charge on any atom is 0.300 e. The first-order valence-corrected chi connectivity index (χ1v) is 13.2. The molecule has 0 saturated carbocycles. The Morgan fingerprint density at radius 1 is 0.784 bits per heavy atom. The van der Waals surface area contributed by atoms with Gasteiger partial charge < -0.3 is 4.42 Å². The lowest BCUT2D eigenvalue weighted by Crippen LogP contribution is -2.31. The second kappa shape index (κ2) is 8.58. The number of imidazole rings is 1. The fourth-order valence-corrected chi connectivity index (χ4v) is 5.96. The molecule has 0 spiro atoms. The van der Waals surface area contributed by atoms with Crippen LogP contribution in [0.15, 0.2) is 71.1 Å². The molecule has 0 bridgehead atoms. The Balaban J connectivity index is 1.85. The van der Waals surface area contributed by atoms with E-state index in [1.54, 1.807) is 0 Å². The van der Waals surface area contributed by atoms with Crippen LogP contribution in [0.5, 0.6) is 0 Å². The van der Waals surface area contributed by atoms with Gasteiger partial charge in [0.2, 0.25) is 0 Å². The summed E-state index contributed by atoms with van der Waals surface area (Å²) in [6.07, 6.45) is 0. The van der Waals surface area contributed by atoms with Crippen LogP contribution in [0, 0.1) is 13.8 Å². The molecule has 3 heterocycles. The van der Waals surface area contributed by atoms with Crippen molar-refractivity contribution >= 4 is 33.0 Å². The van der Waals surface area contributed by atoms with Crippen molar-refractivity contribution in [1.29, 1.82) is 0 Å². The van der Waals surface area contributed by atoms with Gasteiger partial charge in [-0.15, -0.1) is 0 Å². The van der Waals surface area contributed by atoms with E-state index in [1.165, 1.54) is 27.8 Å². The number of benzene rings is 3. The van der Waals surface area contributed by atoms with E-state index in [9.17, 15) is 0 Å². The molecular weight excluding hydrogens is 454 g/mol. The Morgan fingerprint density at radius 3 is 2.14 bits per heavy atom. The van der Waals surface area contributed by atoms with Gasteiger partial charge in [0.1, 0.15) is 16.8 Å². The zero-order valence-electron chi connectivity index (χ0n) is 22.8. The van der Waals surface area contributed by atoms with Gasteiger partial charge in [0, 0.05) is 22.2 Å². The molecule has 186 valence electrons. The minimum Gasteiger partial charge on any atom is -0.455 e. The van der Waals surface area contributed by atoms with Crippen molar-refractivity contribution in [2.75, 3.05) is 0 Å². The number of nitrogens with zero attached hydrogens (tertiary/aromatic N) is 3. The number of pyridine rings is 1. The highest BCUT2D eigenvalue weighted by molar-refractivity contribution is 6.10. The first-order valence-electron chi connectivity index (χ1n) is 13.2. The minimum absolute atomic E-state index is 0.372. The minimum atomic E-state index is 0.372. The predicted molar refractivity (Wildman–Crippen MR) is 153 cm³/mol. The Hall–Kier alpha value is -3.92. The van der Waals surface area contributed by atoms with Crippen LogP contribution in [-0.2, 0) is 7.05 Å². The van der Waals surface area contributed by atoms with Crippen molar-refractivity contribution in [3.63, 3.8) is 0 Å². The molecule has 4 heteroatoms. The Bertz CT molecular complexity index is 1790. The fraction of sp³-hybridized carbons (Fsp3) is 0.273. The van der Waals surface area contributed by atoms with Crippen molar-refractivity contribution in [1.82, 2.24) is 9.55 Å². The molecule has 0 aliphatic carbocycles. The molecule has 0 amide bonds. The van der Waals surface area contributed by atoms with E-state index in [0.717, 1.165) is 44.7 Å². The van der Waals surface area contributed by atoms with Gasteiger partial charge in [-0.25, -0.2) is 4.57 Å². The third-order valence-electron chi connectivity index (χ3n) is 7.68. The molecule has 0 aliphatic heterocycles. The molecule has 0 aliphatic rings. The van der Waals surface area contributed by atoms with Crippen LogP contribution >= 0.6 is 0 Å². The summed E-state index contributed by atoms with van der Waals surface area (Å²) in [5.41, 5.74) is 11.1. The lowest BCUT2D eigenvalue weighted by atomic mass is 9.92. The molecular formula is C33H34N3O+. The first kappa shape index (κ1) is 23.5. The van der Waals surface area contributed by atoms with Crippen molar-refractivity contribution < 1.29 is 8.98 Å². The summed E-state index contributed by atoms with van der Waals surface area (Å²) in [5, 5.41) is 2.20. The molecule has 0 N–H and O–H groups in total. The van der Waals surface area contributed by atoms with Gasteiger partial charge in [-0.1, -0.05) is 76.2 Å². The second-order valence-corrected chi connectivity index (χ2v) is 10.8. The zero-order chi connectivity index (χ0) is 26.0. The second-order valence-electron chi connectivity index (χ2n) is 10.8. The number of aromatic nitrogens is 3. The van der Waals surface area contributed by atoms with E-state index < -0.39 is 0 Å². The van der Waals surface area contributed by atoms with Crippen LogP contribution in [0.3, 0.4) is 0 Å². The predicted octanol–water partition coefficient (Wildman–Crippen LogP) is 8.28. The molecule has 0 saturated heterocycles. The average molecular weight is 489 g/mol. The van der Waals surface area contributed by atoms with Gasteiger partial charge in [0.25, 0.3) is 0 Å².